The lowest BCUT2D eigenvalue weighted by Gasteiger charge is -2.23. The fraction of sp³-hybridized carbons (Fsp3) is 0.400. The number of carbonyl (C=O) groups is 1. The summed E-state index contributed by atoms with van der Waals surface area (Å²) in [5, 5.41) is 9.34. The number of aryl methyl sites for hydroxylation is 1. The van der Waals surface area contributed by atoms with E-state index in [1.165, 1.54) is 5.56 Å². The fourth-order valence-electron chi connectivity index (χ4n) is 6.15. The number of carboxylic acid groups (broad SMARTS) is 1. The molecule has 2 heterocycles. The lowest BCUT2D eigenvalue weighted by molar-refractivity contribution is -0.139. The normalized spacial score (nSPS) is 23.4. The van der Waals surface area contributed by atoms with E-state index in [9.17, 15) is 18.3 Å². The van der Waals surface area contributed by atoms with Gasteiger partial charge < -0.3 is 14.6 Å². The quantitative estimate of drug-likeness (QED) is 0.462. The zero-order valence-corrected chi connectivity index (χ0v) is 22.3. The van der Waals surface area contributed by atoms with Gasteiger partial charge >= 0.3 is 5.97 Å². The van der Waals surface area contributed by atoms with Crippen LogP contribution in [0.15, 0.2) is 48.5 Å². The molecule has 1 aliphatic heterocycles. The van der Waals surface area contributed by atoms with Gasteiger partial charge in [0.25, 0.3) is 0 Å². The van der Waals surface area contributed by atoms with Crippen molar-refractivity contribution in [1.29, 1.82) is 0 Å². The molecule has 6 rings (SSSR count). The van der Waals surface area contributed by atoms with Crippen molar-refractivity contribution in [1.82, 2.24) is 4.98 Å². The molecule has 1 N–H and O–H groups in total. The van der Waals surface area contributed by atoms with Crippen LogP contribution in [0.2, 0.25) is 0 Å². The van der Waals surface area contributed by atoms with Crippen molar-refractivity contribution < 1.29 is 27.8 Å². The summed E-state index contributed by atoms with van der Waals surface area (Å²) in [5.74, 6) is 1.17. The van der Waals surface area contributed by atoms with Gasteiger partial charge in [-0.05, 0) is 85.0 Å². The highest BCUT2D eigenvalue weighted by atomic mass is 32.2. The van der Waals surface area contributed by atoms with Crippen LogP contribution in [0, 0.1) is 25.7 Å². The number of nitrogens with zero attached hydrogens (tertiary/aromatic N) is 1. The van der Waals surface area contributed by atoms with Crippen LogP contribution in [0.1, 0.15) is 46.7 Å². The largest absolute Gasteiger partial charge is 0.489 e. The SMILES string of the molecule is Cc1nc(OC2CCS(=O)(=O)CC2)ccc1-c1cccc(COc2ccc3c(c2)C[C@H]2[C@H](C(=O)O)[C@@H]32)c1C. The van der Waals surface area contributed by atoms with Crippen LogP contribution in [-0.2, 0) is 27.7 Å². The molecule has 198 valence electrons. The number of aliphatic carboxylic acids is 1. The van der Waals surface area contributed by atoms with E-state index in [1.807, 2.05) is 37.3 Å². The van der Waals surface area contributed by atoms with Crippen molar-refractivity contribution in [2.75, 3.05) is 11.5 Å². The molecule has 1 saturated heterocycles. The predicted molar refractivity (Wildman–Crippen MR) is 143 cm³/mol. The maximum absolute atomic E-state index is 11.7. The number of hydrogen-bond acceptors (Lipinski definition) is 6. The number of aromatic nitrogens is 1. The lowest BCUT2D eigenvalue weighted by Crippen LogP contribution is -2.30. The number of hydrogen-bond donors (Lipinski definition) is 1. The van der Waals surface area contributed by atoms with Crippen LogP contribution < -0.4 is 9.47 Å². The monoisotopic (exact) mass is 533 g/mol. The number of pyridine rings is 1. The van der Waals surface area contributed by atoms with Gasteiger partial charge in [0.05, 0.1) is 17.4 Å². The molecule has 3 aliphatic rings. The van der Waals surface area contributed by atoms with Gasteiger partial charge in [-0.1, -0.05) is 24.3 Å². The second kappa shape index (κ2) is 9.42. The summed E-state index contributed by atoms with van der Waals surface area (Å²) >= 11 is 0. The number of sulfone groups is 1. The minimum atomic E-state index is -2.93. The average molecular weight is 534 g/mol. The molecule has 0 radical (unpaired) electrons. The molecule has 0 unspecified atom stereocenters. The minimum Gasteiger partial charge on any atom is -0.489 e. The van der Waals surface area contributed by atoms with Gasteiger partial charge in [-0.2, -0.15) is 0 Å². The van der Waals surface area contributed by atoms with Crippen LogP contribution in [0.3, 0.4) is 0 Å². The Morgan fingerprint density at radius 3 is 2.58 bits per heavy atom. The smallest absolute Gasteiger partial charge is 0.307 e. The number of benzene rings is 2. The third-order valence-electron chi connectivity index (χ3n) is 8.36. The third kappa shape index (κ3) is 4.66. The molecule has 8 heteroatoms. The molecule has 0 bridgehead atoms. The Morgan fingerprint density at radius 1 is 1.05 bits per heavy atom. The highest BCUT2D eigenvalue weighted by Gasteiger charge is 2.59. The van der Waals surface area contributed by atoms with E-state index >= 15 is 0 Å². The van der Waals surface area contributed by atoms with E-state index in [4.69, 9.17) is 9.47 Å². The fourth-order valence-corrected chi connectivity index (χ4v) is 7.60. The molecule has 1 saturated carbocycles. The molecule has 2 aromatic carbocycles. The van der Waals surface area contributed by atoms with Crippen LogP contribution in [0.4, 0.5) is 0 Å². The first-order chi connectivity index (χ1) is 18.2. The van der Waals surface area contributed by atoms with Gasteiger partial charge in [0.1, 0.15) is 18.5 Å². The van der Waals surface area contributed by atoms with E-state index in [0.29, 0.717) is 25.3 Å². The summed E-state index contributed by atoms with van der Waals surface area (Å²) in [6, 6.07) is 16.1. The Hall–Kier alpha value is -3.39. The van der Waals surface area contributed by atoms with Crippen molar-refractivity contribution in [2.24, 2.45) is 11.8 Å². The lowest BCUT2D eigenvalue weighted by atomic mass is 9.96. The number of fused-ring (bicyclic) bond motifs is 3. The topological polar surface area (TPSA) is 103 Å². The van der Waals surface area contributed by atoms with Crippen LogP contribution >= 0.6 is 0 Å². The maximum atomic E-state index is 11.7. The molecule has 38 heavy (non-hydrogen) atoms. The first-order valence-corrected chi connectivity index (χ1v) is 14.9. The predicted octanol–water partition coefficient (Wildman–Crippen LogP) is 4.87. The summed E-state index contributed by atoms with van der Waals surface area (Å²) in [7, 11) is -2.93. The van der Waals surface area contributed by atoms with Gasteiger partial charge in [-0.25, -0.2) is 13.4 Å². The van der Waals surface area contributed by atoms with Crippen LogP contribution in [0.25, 0.3) is 11.1 Å². The van der Waals surface area contributed by atoms with E-state index in [-0.39, 0.29) is 35.4 Å². The molecule has 3 atom stereocenters. The van der Waals surface area contributed by atoms with Crippen molar-refractivity contribution >= 4 is 15.8 Å². The van der Waals surface area contributed by atoms with Crippen molar-refractivity contribution in [3.8, 4) is 22.8 Å². The second-order valence-corrected chi connectivity index (χ2v) is 13.1. The third-order valence-corrected chi connectivity index (χ3v) is 10.1. The molecule has 7 nitrogen and oxygen atoms in total. The number of ether oxygens (including phenoxy) is 2. The molecular formula is C30H31NO6S. The summed E-state index contributed by atoms with van der Waals surface area (Å²) in [4.78, 5) is 16.0. The van der Waals surface area contributed by atoms with Crippen LogP contribution in [-0.4, -0.2) is 42.1 Å². The Morgan fingerprint density at radius 2 is 1.84 bits per heavy atom. The molecule has 3 aromatic rings. The highest BCUT2D eigenvalue weighted by molar-refractivity contribution is 7.91. The Labute approximate surface area is 222 Å². The summed E-state index contributed by atoms with van der Waals surface area (Å²) in [6.07, 6.45) is 1.69. The first kappa shape index (κ1) is 24.9. The van der Waals surface area contributed by atoms with E-state index < -0.39 is 15.8 Å². The minimum absolute atomic E-state index is 0.123. The first-order valence-electron chi connectivity index (χ1n) is 13.1. The van der Waals surface area contributed by atoms with Gasteiger partial charge in [0.2, 0.25) is 5.88 Å². The zero-order valence-electron chi connectivity index (χ0n) is 21.5. The summed E-state index contributed by atoms with van der Waals surface area (Å²) in [5.41, 5.74) is 7.53. The zero-order chi connectivity index (χ0) is 26.6. The van der Waals surface area contributed by atoms with E-state index in [1.54, 1.807) is 0 Å². The number of carboxylic acids is 1. The molecular weight excluding hydrogens is 502 g/mol. The van der Waals surface area contributed by atoms with Gasteiger partial charge in [-0.3, -0.25) is 4.79 Å². The standard InChI is InChI=1S/C30H31NO6S/c1-17-19(16-36-22-6-7-25-20(14-22)15-26-28(25)29(26)30(32)33)4-3-5-23(17)24-8-9-27(31-18(24)2)37-21-10-12-38(34,35)13-11-21/h3-9,14,21,26,28-29H,10-13,15-16H2,1-2H3,(H,32,33)/t26-,28+,29+/m1/s1. The molecule has 1 aromatic heterocycles. The van der Waals surface area contributed by atoms with E-state index in [0.717, 1.165) is 45.7 Å². The number of rotatable bonds is 7. The van der Waals surface area contributed by atoms with Gasteiger partial charge in [-0.15, -0.1) is 0 Å². The van der Waals surface area contributed by atoms with Crippen molar-refractivity contribution in [2.45, 2.75) is 51.7 Å². The maximum Gasteiger partial charge on any atom is 0.307 e. The Kier molecular flexibility index (Phi) is 6.17. The van der Waals surface area contributed by atoms with Crippen molar-refractivity contribution in [3.05, 3.63) is 76.5 Å². The molecule has 2 fully saturated rings. The Bertz CT molecular complexity index is 1520. The summed E-state index contributed by atoms with van der Waals surface area (Å²) < 4.78 is 35.5. The average Bonchev–Trinajstić information content (AvgIpc) is 3.47. The van der Waals surface area contributed by atoms with Crippen LogP contribution in [0.5, 0.6) is 11.6 Å². The highest BCUT2D eigenvalue weighted by Crippen LogP contribution is 2.61. The second-order valence-electron chi connectivity index (χ2n) is 10.7. The summed E-state index contributed by atoms with van der Waals surface area (Å²) in [6.45, 7) is 4.48. The van der Waals surface area contributed by atoms with Gasteiger partial charge in [0, 0.05) is 23.2 Å². The Balaban J connectivity index is 1.13. The van der Waals surface area contributed by atoms with E-state index in [2.05, 4.69) is 30.1 Å². The molecule has 2 aliphatic carbocycles. The molecule has 0 amide bonds. The van der Waals surface area contributed by atoms with Gasteiger partial charge in [0.15, 0.2) is 9.84 Å². The van der Waals surface area contributed by atoms with Crippen molar-refractivity contribution in [3.63, 3.8) is 0 Å². The molecule has 0 spiro atoms.